The summed E-state index contributed by atoms with van der Waals surface area (Å²) in [6.45, 7) is 4.27. The Morgan fingerprint density at radius 2 is 1.91 bits per heavy atom. The molecule has 0 aromatic carbocycles. The van der Waals surface area contributed by atoms with E-state index in [0.717, 1.165) is 37.7 Å². The van der Waals surface area contributed by atoms with Gasteiger partial charge in [0.15, 0.2) is 5.11 Å². The number of hydrogen-bond acceptors (Lipinski definition) is 4. The fraction of sp³-hybridized carbons (Fsp3) is 0.625. The van der Waals surface area contributed by atoms with Crippen LogP contribution in [0, 0.1) is 0 Å². The Kier molecular flexibility index (Phi) is 5.10. The summed E-state index contributed by atoms with van der Waals surface area (Å²) >= 11 is 5.38. The number of aromatic nitrogens is 1. The number of thiocarbonyl (C=S) groups is 1. The highest BCUT2D eigenvalue weighted by Gasteiger charge is 2.16. The van der Waals surface area contributed by atoms with Crippen molar-refractivity contribution in [2.24, 2.45) is 0 Å². The SMILES string of the molecule is CN1CCN(c2ccc(NC(=S)NC3CCCC3)cn2)CC1. The van der Waals surface area contributed by atoms with Crippen molar-refractivity contribution in [3.8, 4) is 0 Å². The van der Waals surface area contributed by atoms with E-state index in [2.05, 4.69) is 44.6 Å². The zero-order chi connectivity index (χ0) is 15.4. The van der Waals surface area contributed by atoms with E-state index in [1.165, 1.54) is 25.7 Å². The lowest BCUT2D eigenvalue weighted by atomic mass is 10.2. The lowest BCUT2D eigenvalue weighted by Crippen LogP contribution is -2.44. The Morgan fingerprint density at radius 3 is 2.55 bits per heavy atom. The van der Waals surface area contributed by atoms with Gasteiger partial charge in [0, 0.05) is 32.2 Å². The molecule has 3 rings (SSSR count). The minimum atomic E-state index is 0.539. The summed E-state index contributed by atoms with van der Waals surface area (Å²) < 4.78 is 0. The zero-order valence-electron chi connectivity index (χ0n) is 13.2. The molecular weight excluding hydrogens is 294 g/mol. The van der Waals surface area contributed by atoms with E-state index in [1.54, 1.807) is 0 Å². The maximum Gasteiger partial charge on any atom is 0.171 e. The molecule has 0 spiro atoms. The highest BCUT2D eigenvalue weighted by Crippen LogP contribution is 2.18. The Balaban J connectivity index is 1.51. The number of pyridine rings is 1. The fourth-order valence-corrected chi connectivity index (χ4v) is 3.39. The first kappa shape index (κ1) is 15.5. The summed E-state index contributed by atoms with van der Waals surface area (Å²) in [5, 5.41) is 7.33. The molecule has 1 saturated carbocycles. The number of anilines is 2. The van der Waals surface area contributed by atoms with Gasteiger partial charge in [-0.2, -0.15) is 0 Å². The average Bonchev–Trinajstić information content (AvgIpc) is 3.02. The highest BCUT2D eigenvalue weighted by molar-refractivity contribution is 7.80. The molecule has 1 aromatic heterocycles. The van der Waals surface area contributed by atoms with Crippen LogP contribution in [0.4, 0.5) is 11.5 Å². The smallest absolute Gasteiger partial charge is 0.171 e. The van der Waals surface area contributed by atoms with Gasteiger partial charge in [-0.15, -0.1) is 0 Å². The van der Waals surface area contributed by atoms with E-state index < -0.39 is 0 Å². The number of likely N-dealkylation sites (N-methyl/N-ethyl adjacent to an activating group) is 1. The second-order valence-corrected chi connectivity index (χ2v) is 6.68. The van der Waals surface area contributed by atoms with Gasteiger partial charge in [0.2, 0.25) is 0 Å². The molecule has 6 heteroatoms. The number of hydrogen-bond donors (Lipinski definition) is 2. The molecule has 2 fully saturated rings. The topological polar surface area (TPSA) is 43.4 Å². The van der Waals surface area contributed by atoms with Crippen molar-refractivity contribution in [1.29, 1.82) is 0 Å². The van der Waals surface area contributed by atoms with Crippen LogP contribution in [0.3, 0.4) is 0 Å². The minimum absolute atomic E-state index is 0.539. The Labute approximate surface area is 138 Å². The van der Waals surface area contributed by atoms with Crippen LogP contribution in [0.5, 0.6) is 0 Å². The Morgan fingerprint density at radius 1 is 1.18 bits per heavy atom. The molecule has 1 aromatic rings. The van der Waals surface area contributed by atoms with Crippen molar-refractivity contribution in [2.45, 2.75) is 31.7 Å². The Bertz CT molecular complexity index is 490. The summed E-state index contributed by atoms with van der Waals surface area (Å²) in [7, 11) is 2.16. The van der Waals surface area contributed by atoms with Gasteiger partial charge in [0.05, 0.1) is 11.9 Å². The molecular formula is C16H25N5S. The van der Waals surface area contributed by atoms with E-state index in [4.69, 9.17) is 12.2 Å². The molecule has 0 bridgehead atoms. The average molecular weight is 319 g/mol. The minimum Gasteiger partial charge on any atom is -0.360 e. The van der Waals surface area contributed by atoms with Crippen LogP contribution in [0.25, 0.3) is 0 Å². The number of nitrogens with one attached hydrogen (secondary N) is 2. The third-order valence-corrected chi connectivity index (χ3v) is 4.74. The molecule has 1 aliphatic carbocycles. The normalized spacial score (nSPS) is 20.1. The van der Waals surface area contributed by atoms with E-state index in [0.29, 0.717) is 11.2 Å². The van der Waals surface area contributed by atoms with Crippen LogP contribution in [0.1, 0.15) is 25.7 Å². The van der Waals surface area contributed by atoms with E-state index >= 15 is 0 Å². The molecule has 2 N–H and O–H groups in total. The summed E-state index contributed by atoms with van der Waals surface area (Å²) in [5.74, 6) is 1.05. The monoisotopic (exact) mass is 319 g/mol. The van der Waals surface area contributed by atoms with Gasteiger partial charge in [0.25, 0.3) is 0 Å². The standard InChI is InChI=1S/C16H25N5S/c1-20-8-10-21(11-9-20)15-7-6-14(12-17-15)19-16(22)18-13-4-2-3-5-13/h6-7,12-13H,2-5,8-11H2,1H3,(H2,18,19,22). The van der Waals surface area contributed by atoms with Crippen LogP contribution in [0.2, 0.25) is 0 Å². The van der Waals surface area contributed by atoms with Gasteiger partial charge in [0.1, 0.15) is 5.82 Å². The number of nitrogens with zero attached hydrogens (tertiary/aromatic N) is 3. The van der Waals surface area contributed by atoms with Crippen LogP contribution < -0.4 is 15.5 Å². The van der Waals surface area contributed by atoms with Crippen LogP contribution in [0.15, 0.2) is 18.3 Å². The quantitative estimate of drug-likeness (QED) is 0.832. The van der Waals surface area contributed by atoms with Gasteiger partial charge in [-0.3, -0.25) is 0 Å². The van der Waals surface area contributed by atoms with Gasteiger partial charge in [-0.05, 0) is 44.2 Å². The predicted octanol–water partition coefficient (Wildman–Crippen LogP) is 2.06. The van der Waals surface area contributed by atoms with Crippen molar-refractivity contribution >= 4 is 28.8 Å². The second-order valence-electron chi connectivity index (χ2n) is 6.28. The first-order chi connectivity index (χ1) is 10.7. The molecule has 0 radical (unpaired) electrons. The zero-order valence-corrected chi connectivity index (χ0v) is 14.0. The molecule has 0 atom stereocenters. The van der Waals surface area contributed by atoms with E-state index in [9.17, 15) is 0 Å². The van der Waals surface area contributed by atoms with Crippen molar-refractivity contribution in [3.63, 3.8) is 0 Å². The molecule has 1 aliphatic heterocycles. The second kappa shape index (κ2) is 7.24. The lowest BCUT2D eigenvalue weighted by molar-refractivity contribution is 0.312. The molecule has 120 valence electrons. The maximum atomic E-state index is 5.38. The van der Waals surface area contributed by atoms with Crippen molar-refractivity contribution in [3.05, 3.63) is 18.3 Å². The Hall–Kier alpha value is -1.40. The van der Waals surface area contributed by atoms with Crippen molar-refractivity contribution in [1.82, 2.24) is 15.2 Å². The van der Waals surface area contributed by atoms with Crippen molar-refractivity contribution in [2.75, 3.05) is 43.4 Å². The maximum absolute atomic E-state index is 5.38. The molecule has 1 saturated heterocycles. The molecule has 5 nitrogen and oxygen atoms in total. The van der Waals surface area contributed by atoms with Gasteiger partial charge in [-0.1, -0.05) is 12.8 Å². The first-order valence-electron chi connectivity index (χ1n) is 8.18. The summed E-state index contributed by atoms with van der Waals surface area (Å²) in [6, 6.07) is 4.67. The molecule has 2 heterocycles. The molecule has 0 unspecified atom stereocenters. The lowest BCUT2D eigenvalue weighted by Gasteiger charge is -2.33. The molecule has 22 heavy (non-hydrogen) atoms. The van der Waals surface area contributed by atoms with Gasteiger partial charge in [-0.25, -0.2) is 4.98 Å². The van der Waals surface area contributed by atoms with Crippen LogP contribution >= 0.6 is 12.2 Å². The fourth-order valence-electron chi connectivity index (χ4n) is 3.11. The number of rotatable bonds is 3. The van der Waals surface area contributed by atoms with Gasteiger partial charge < -0.3 is 20.4 Å². The summed E-state index contributed by atoms with van der Waals surface area (Å²) in [6.07, 6.45) is 6.93. The van der Waals surface area contributed by atoms with E-state index in [-0.39, 0.29) is 0 Å². The highest BCUT2D eigenvalue weighted by atomic mass is 32.1. The largest absolute Gasteiger partial charge is 0.360 e. The van der Waals surface area contributed by atoms with Crippen LogP contribution in [-0.2, 0) is 0 Å². The predicted molar refractivity (Wildman–Crippen MR) is 95.6 cm³/mol. The van der Waals surface area contributed by atoms with Gasteiger partial charge >= 0.3 is 0 Å². The third kappa shape index (κ3) is 4.08. The third-order valence-electron chi connectivity index (χ3n) is 4.52. The van der Waals surface area contributed by atoms with E-state index in [1.807, 2.05) is 6.20 Å². The summed E-state index contributed by atoms with van der Waals surface area (Å²) in [4.78, 5) is 9.25. The molecule has 0 amide bonds. The molecule has 2 aliphatic rings. The van der Waals surface area contributed by atoms with Crippen molar-refractivity contribution < 1.29 is 0 Å². The summed E-state index contributed by atoms with van der Waals surface area (Å²) in [5.41, 5.74) is 0.952. The first-order valence-corrected chi connectivity index (χ1v) is 8.58. The van der Waals surface area contributed by atoms with Crippen LogP contribution in [-0.4, -0.2) is 54.3 Å². The number of piperazine rings is 1.